The minimum Gasteiger partial charge on any atom is -0.505 e. The summed E-state index contributed by atoms with van der Waals surface area (Å²) >= 11 is 0. The van der Waals surface area contributed by atoms with E-state index in [-0.39, 0.29) is 11.4 Å². The summed E-state index contributed by atoms with van der Waals surface area (Å²) in [6.45, 7) is 2.29. The molecule has 0 heterocycles. The minimum absolute atomic E-state index is 0.0502. The average Bonchev–Trinajstić information content (AvgIpc) is 2.93. The third-order valence-electron chi connectivity index (χ3n) is 8.62. The largest absolute Gasteiger partial charge is 0.505 e. The van der Waals surface area contributed by atoms with Gasteiger partial charge in [-0.05, 0) is 90.3 Å². The predicted octanol–water partition coefficient (Wildman–Crippen LogP) is 9.93. The Labute approximate surface area is 218 Å². The summed E-state index contributed by atoms with van der Waals surface area (Å²) in [4.78, 5) is 0. The zero-order chi connectivity index (χ0) is 25.9. The lowest BCUT2D eigenvalue weighted by Crippen LogP contribution is -2.23. The summed E-state index contributed by atoms with van der Waals surface area (Å²) in [6, 6.07) is 14.6. The molecule has 0 spiro atoms. The molecule has 0 bridgehead atoms. The van der Waals surface area contributed by atoms with Crippen molar-refractivity contribution in [3.05, 3.63) is 83.7 Å². The fraction of sp³-hybridized carbons (Fsp3) is 0.394. The van der Waals surface area contributed by atoms with Gasteiger partial charge in [0, 0.05) is 11.1 Å². The predicted molar refractivity (Wildman–Crippen MR) is 145 cm³/mol. The highest BCUT2D eigenvalue weighted by atomic mass is 19.2. The van der Waals surface area contributed by atoms with Gasteiger partial charge in [0.05, 0.1) is 0 Å². The second-order valence-corrected chi connectivity index (χ2v) is 10.9. The van der Waals surface area contributed by atoms with E-state index in [0.29, 0.717) is 16.7 Å². The Balaban J connectivity index is 1.26. The van der Waals surface area contributed by atoms with E-state index in [2.05, 4.69) is 13.0 Å². The summed E-state index contributed by atoms with van der Waals surface area (Å²) in [5.74, 6) is -0.838. The fourth-order valence-corrected chi connectivity index (χ4v) is 6.44. The van der Waals surface area contributed by atoms with Gasteiger partial charge in [0.25, 0.3) is 0 Å². The van der Waals surface area contributed by atoms with Crippen LogP contribution in [0.2, 0.25) is 0 Å². The van der Waals surface area contributed by atoms with Crippen molar-refractivity contribution in [2.45, 2.75) is 64.7 Å². The van der Waals surface area contributed by atoms with Crippen molar-refractivity contribution in [3.8, 4) is 28.0 Å². The van der Waals surface area contributed by atoms with E-state index in [0.717, 1.165) is 42.2 Å². The highest BCUT2D eigenvalue weighted by molar-refractivity contribution is 5.74. The van der Waals surface area contributed by atoms with Crippen molar-refractivity contribution in [2.75, 3.05) is 0 Å². The van der Waals surface area contributed by atoms with Gasteiger partial charge in [-0.15, -0.1) is 0 Å². The van der Waals surface area contributed by atoms with Crippen LogP contribution in [0.5, 0.6) is 5.75 Å². The normalized spacial score (nSPS) is 22.1. The highest BCUT2D eigenvalue weighted by Crippen LogP contribution is 2.42. The minimum atomic E-state index is -1.27. The Morgan fingerprint density at radius 3 is 2.00 bits per heavy atom. The maximum Gasteiger partial charge on any atom is 0.200 e. The smallest absolute Gasteiger partial charge is 0.200 e. The first kappa shape index (κ1) is 25.6. The number of halogens is 3. The van der Waals surface area contributed by atoms with Crippen LogP contribution in [-0.2, 0) is 0 Å². The molecule has 194 valence electrons. The van der Waals surface area contributed by atoms with Crippen LogP contribution in [-0.4, -0.2) is 5.11 Å². The van der Waals surface area contributed by atoms with E-state index in [9.17, 15) is 13.9 Å². The third kappa shape index (κ3) is 5.49. The lowest BCUT2D eigenvalue weighted by atomic mass is 9.70. The molecule has 0 saturated heterocycles. The van der Waals surface area contributed by atoms with Crippen molar-refractivity contribution in [1.82, 2.24) is 0 Å². The van der Waals surface area contributed by atoms with Crippen LogP contribution in [0, 0.1) is 35.2 Å². The molecule has 0 radical (unpaired) electrons. The van der Waals surface area contributed by atoms with Crippen LogP contribution in [0.3, 0.4) is 0 Å². The Hall–Kier alpha value is -3.01. The molecule has 1 saturated carbocycles. The number of phenols is 1. The summed E-state index contributed by atoms with van der Waals surface area (Å²) in [5.41, 5.74) is 3.84. The van der Waals surface area contributed by atoms with Crippen LogP contribution in [0.15, 0.2) is 60.7 Å². The Morgan fingerprint density at radius 2 is 1.38 bits per heavy atom. The molecule has 1 nitrogen and oxygen atoms in total. The standard InChI is InChI=1S/C33H35F3O/c1-2-3-21-4-6-22(7-5-21)23-8-10-24(11-9-23)27-16-17-28(30(34)20-27)25-12-14-26(15-13-25)29-18-19-31(37)33(36)32(29)35/h10,12-23,37H,2-9,11H2,1H3. The van der Waals surface area contributed by atoms with E-state index in [1.165, 1.54) is 56.6 Å². The first-order valence-corrected chi connectivity index (χ1v) is 13.7. The maximum absolute atomic E-state index is 15.2. The summed E-state index contributed by atoms with van der Waals surface area (Å²) in [6.07, 6.45) is 13.8. The molecule has 1 fully saturated rings. The van der Waals surface area contributed by atoms with Gasteiger partial charge in [0.1, 0.15) is 5.82 Å². The molecular weight excluding hydrogens is 469 g/mol. The van der Waals surface area contributed by atoms with Crippen LogP contribution in [0.4, 0.5) is 13.2 Å². The van der Waals surface area contributed by atoms with Crippen LogP contribution < -0.4 is 0 Å². The zero-order valence-corrected chi connectivity index (χ0v) is 21.5. The highest BCUT2D eigenvalue weighted by Gasteiger charge is 2.28. The quantitative estimate of drug-likeness (QED) is 0.354. The first-order valence-electron chi connectivity index (χ1n) is 13.7. The first-order chi connectivity index (χ1) is 17.9. The lowest BCUT2D eigenvalue weighted by Gasteiger charge is -2.35. The average molecular weight is 505 g/mol. The van der Waals surface area contributed by atoms with Gasteiger partial charge in [-0.25, -0.2) is 8.78 Å². The maximum atomic E-state index is 15.2. The molecule has 0 aromatic heterocycles. The van der Waals surface area contributed by atoms with Crippen LogP contribution in [0.25, 0.3) is 27.8 Å². The molecule has 37 heavy (non-hydrogen) atoms. The van der Waals surface area contributed by atoms with E-state index in [1.807, 2.05) is 12.1 Å². The molecule has 2 aliphatic rings. The molecular formula is C33H35F3O. The van der Waals surface area contributed by atoms with Crippen molar-refractivity contribution in [2.24, 2.45) is 17.8 Å². The molecule has 3 aromatic carbocycles. The molecule has 0 aliphatic heterocycles. The van der Waals surface area contributed by atoms with E-state index >= 15 is 4.39 Å². The number of phenolic OH excluding ortho intramolecular Hbond substituents is 1. The lowest BCUT2D eigenvalue weighted by molar-refractivity contribution is 0.189. The molecule has 2 aliphatic carbocycles. The summed E-state index contributed by atoms with van der Waals surface area (Å²) in [7, 11) is 0. The molecule has 4 heteroatoms. The van der Waals surface area contributed by atoms with Crippen molar-refractivity contribution < 1.29 is 18.3 Å². The van der Waals surface area contributed by atoms with Gasteiger partial charge < -0.3 is 5.11 Å². The second kappa shape index (κ2) is 11.2. The fourth-order valence-electron chi connectivity index (χ4n) is 6.44. The third-order valence-corrected chi connectivity index (χ3v) is 8.62. The zero-order valence-electron chi connectivity index (χ0n) is 21.5. The molecule has 5 rings (SSSR count). The van der Waals surface area contributed by atoms with Crippen molar-refractivity contribution in [1.29, 1.82) is 0 Å². The number of rotatable bonds is 6. The number of hydrogen-bond acceptors (Lipinski definition) is 1. The number of allylic oxidation sites excluding steroid dienone is 2. The van der Waals surface area contributed by atoms with E-state index in [4.69, 9.17) is 0 Å². The molecule has 1 N–H and O–H groups in total. The van der Waals surface area contributed by atoms with E-state index < -0.39 is 17.4 Å². The van der Waals surface area contributed by atoms with Gasteiger partial charge in [-0.3, -0.25) is 0 Å². The summed E-state index contributed by atoms with van der Waals surface area (Å²) in [5, 5.41) is 9.35. The van der Waals surface area contributed by atoms with Crippen molar-refractivity contribution >= 4 is 5.57 Å². The van der Waals surface area contributed by atoms with Gasteiger partial charge in [-0.1, -0.05) is 75.1 Å². The van der Waals surface area contributed by atoms with Gasteiger partial charge in [0.2, 0.25) is 5.82 Å². The summed E-state index contributed by atoms with van der Waals surface area (Å²) < 4.78 is 43.2. The molecule has 3 aromatic rings. The van der Waals surface area contributed by atoms with Gasteiger partial charge in [0.15, 0.2) is 11.6 Å². The number of benzene rings is 3. The molecule has 1 atom stereocenters. The molecule has 1 unspecified atom stereocenters. The number of hydrogen-bond donors (Lipinski definition) is 1. The van der Waals surface area contributed by atoms with Crippen LogP contribution in [0.1, 0.15) is 70.3 Å². The van der Waals surface area contributed by atoms with Crippen molar-refractivity contribution in [3.63, 3.8) is 0 Å². The number of aromatic hydroxyl groups is 1. The Bertz CT molecular complexity index is 1270. The second-order valence-electron chi connectivity index (χ2n) is 10.9. The van der Waals surface area contributed by atoms with Gasteiger partial charge >= 0.3 is 0 Å². The molecule has 0 amide bonds. The topological polar surface area (TPSA) is 20.2 Å². The van der Waals surface area contributed by atoms with E-state index in [1.54, 1.807) is 30.3 Å². The van der Waals surface area contributed by atoms with Crippen LogP contribution >= 0.6 is 0 Å². The Morgan fingerprint density at radius 1 is 0.730 bits per heavy atom. The Kier molecular flexibility index (Phi) is 7.73. The van der Waals surface area contributed by atoms with Gasteiger partial charge in [-0.2, -0.15) is 4.39 Å². The SMILES string of the molecule is CCCC1CCC(C2CC=C(c3ccc(-c4ccc(-c5ccc(O)c(F)c5F)cc4)c(F)c3)CC2)CC1. The monoisotopic (exact) mass is 504 g/mol.